The summed E-state index contributed by atoms with van der Waals surface area (Å²) in [5.41, 5.74) is 0.515. The lowest BCUT2D eigenvalue weighted by Crippen LogP contribution is -2.30. The maximum Gasteiger partial charge on any atom is 0.326 e. The Labute approximate surface area is 141 Å². The maximum atomic E-state index is 15.1. The Morgan fingerprint density at radius 3 is 2.72 bits per heavy atom. The highest BCUT2D eigenvalue weighted by Crippen LogP contribution is 2.39. The summed E-state index contributed by atoms with van der Waals surface area (Å²) in [6, 6.07) is 7.75. The van der Waals surface area contributed by atoms with Crippen LogP contribution in [0, 0.1) is 5.82 Å². The van der Waals surface area contributed by atoms with Crippen molar-refractivity contribution in [1.29, 1.82) is 0 Å². The number of carbonyl (C=O) groups excluding carboxylic acids is 1. The largest absolute Gasteiger partial charge is 0.506 e. The summed E-state index contributed by atoms with van der Waals surface area (Å²) in [6.45, 7) is -0.606. The van der Waals surface area contributed by atoms with Gasteiger partial charge < -0.3 is 5.11 Å². The molecule has 3 aromatic rings. The van der Waals surface area contributed by atoms with Crippen molar-refractivity contribution in [2.45, 2.75) is 0 Å². The summed E-state index contributed by atoms with van der Waals surface area (Å²) in [6.07, 6.45) is 3.13. The number of hydrogen-bond acceptors (Lipinski definition) is 5. The molecular formula is C15H11FN4O4S. The zero-order chi connectivity index (χ0) is 17.8. The van der Waals surface area contributed by atoms with Crippen LogP contribution in [0.3, 0.4) is 0 Å². The Bertz CT molecular complexity index is 1130. The topological polar surface area (TPSA) is 104 Å². The third-order valence-corrected chi connectivity index (χ3v) is 5.26. The number of nitrogens with one attached hydrogen (secondary N) is 1. The number of anilines is 1. The van der Waals surface area contributed by atoms with Crippen LogP contribution in [0.15, 0.2) is 42.7 Å². The molecular weight excluding hydrogens is 351 g/mol. The van der Waals surface area contributed by atoms with Crippen molar-refractivity contribution < 1.29 is 22.7 Å². The fourth-order valence-electron chi connectivity index (χ4n) is 2.79. The minimum Gasteiger partial charge on any atom is -0.506 e. The number of phenols is 1. The number of carbonyl (C=O) groups is 1. The van der Waals surface area contributed by atoms with Gasteiger partial charge in [-0.05, 0) is 24.3 Å². The SMILES string of the molecule is O=C1CN(c2c(O)ccc(-c3cnn4ccccc34)c2F)S(=O)(=O)N1. The van der Waals surface area contributed by atoms with Crippen molar-refractivity contribution in [1.82, 2.24) is 14.3 Å². The number of hydrogen-bond donors (Lipinski definition) is 2. The molecule has 0 spiro atoms. The molecule has 1 aliphatic heterocycles. The molecule has 1 fully saturated rings. The van der Waals surface area contributed by atoms with Gasteiger partial charge in [0.05, 0.1) is 11.7 Å². The third kappa shape index (κ3) is 2.30. The molecule has 3 heterocycles. The van der Waals surface area contributed by atoms with Gasteiger partial charge in [0, 0.05) is 17.3 Å². The molecule has 2 aromatic heterocycles. The Hall–Kier alpha value is -3.14. The predicted octanol–water partition coefficient (Wildman–Crippen LogP) is 1.03. The van der Waals surface area contributed by atoms with Crippen LogP contribution in [0.4, 0.5) is 10.1 Å². The van der Waals surface area contributed by atoms with Crippen molar-refractivity contribution in [3.8, 4) is 16.9 Å². The van der Waals surface area contributed by atoms with Crippen LogP contribution < -0.4 is 9.03 Å². The second-order valence-electron chi connectivity index (χ2n) is 5.42. The fourth-order valence-corrected chi connectivity index (χ4v) is 3.95. The maximum absolute atomic E-state index is 15.1. The molecule has 1 aromatic carbocycles. The van der Waals surface area contributed by atoms with E-state index in [9.17, 15) is 18.3 Å². The fraction of sp³-hybridized carbons (Fsp3) is 0.0667. The number of fused-ring (bicyclic) bond motifs is 1. The average molecular weight is 362 g/mol. The highest BCUT2D eigenvalue weighted by Gasteiger charge is 2.38. The zero-order valence-corrected chi connectivity index (χ0v) is 13.4. The standard InChI is InChI=1S/C15H11FN4O4S/c16-14-9(10-7-17-19-6-2-1-3-11(10)19)4-5-12(21)15(14)20-8-13(22)18-25(20,23)24/h1-7,21H,8H2,(H,18,22). The van der Waals surface area contributed by atoms with Crippen molar-refractivity contribution in [2.75, 3.05) is 10.8 Å². The Balaban J connectivity index is 1.94. The van der Waals surface area contributed by atoms with E-state index in [1.54, 1.807) is 33.6 Å². The minimum atomic E-state index is -4.25. The van der Waals surface area contributed by atoms with Gasteiger partial charge in [0.25, 0.3) is 5.91 Å². The van der Waals surface area contributed by atoms with Gasteiger partial charge in [0.15, 0.2) is 5.82 Å². The summed E-state index contributed by atoms with van der Waals surface area (Å²) in [4.78, 5) is 11.4. The molecule has 0 atom stereocenters. The van der Waals surface area contributed by atoms with Gasteiger partial charge in [-0.2, -0.15) is 13.5 Å². The Morgan fingerprint density at radius 2 is 2.00 bits per heavy atom. The van der Waals surface area contributed by atoms with E-state index in [1.807, 2.05) is 0 Å². The molecule has 0 unspecified atom stereocenters. The number of aromatic hydroxyl groups is 1. The summed E-state index contributed by atoms with van der Waals surface area (Å²) < 4.78 is 42.9. The molecule has 1 saturated heterocycles. The van der Waals surface area contributed by atoms with E-state index in [2.05, 4.69) is 5.10 Å². The van der Waals surface area contributed by atoms with Crippen molar-refractivity contribution in [3.63, 3.8) is 0 Å². The van der Waals surface area contributed by atoms with Crippen LogP contribution in [0.2, 0.25) is 0 Å². The summed E-state index contributed by atoms with van der Waals surface area (Å²) in [5.74, 6) is -2.35. The van der Waals surface area contributed by atoms with Crippen LogP contribution in [-0.2, 0) is 15.0 Å². The number of nitrogens with zero attached hydrogens (tertiary/aromatic N) is 3. The first kappa shape index (κ1) is 15.4. The van der Waals surface area contributed by atoms with Crippen LogP contribution in [0.1, 0.15) is 0 Å². The van der Waals surface area contributed by atoms with Gasteiger partial charge in [-0.1, -0.05) is 6.07 Å². The smallest absolute Gasteiger partial charge is 0.326 e. The molecule has 2 N–H and O–H groups in total. The number of halogens is 1. The van der Waals surface area contributed by atoms with Crippen LogP contribution in [0.25, 0.3) is 16.6 Å². The van der Waals surface area contributed by atoms with Crippen LogP contribution in [0.5, 0.6) is 5.75 Å². The normalized spacial score (nSPS) is 16.4. The van der Waals surface area contributed by atoms with E-state index < -0.39 is 39.9 Å². The minimum absolute atomic E-state index is 0.0588. The number of benzene rings is 1. The quantitative estimate of drug-likeness (QED) is 0.709. The molecule has 8 nitrogen and oxygen atoms in total. The van der Waals surface area contributed by atoms with Crippen LogP contribution in [-0.4, -0.2) is 35.6 Å². The first-order chi connectivity index (χ1) is 11.9. The van der Waals surface area contributed by atoms with E-state index in [0.29, 0.717) is 15.4 Å². The van der Waals surface area contributed by atoms with E-state index in [0.717, 1.165) is 0 Å². The molecule has 1 aliphatic rings. The highest BCUT2D eigenvalue weighted by atomic mass is 32.2. The molecule has 0 bridgehead atoms. The number of pyridine rings is 1. The lowest BCUT2D eigenvalue weighted by molar-refractivity contribution is -0.117. The van der Waals surface area contributed by atoms with E-state index in [4.69, 9.17) is 0 Å². The lowest BCUT2D eigenvalue weighted by Gasteiger charge is -2.18. The third-order valence-electron chi connectivity index (χ3n) is 3.88. The van der Waals surface area contributed by atoms with Gasteiger partial charge in [0.1, 0.15) is 18.0 Å². The van der Waals surface area contributed by atoms with Gasteiger partial charge in [-0.25, -0.2) is 17.9 Å². The van der Waals surface area contributed by atoms with Gasteiger partial charge in [-0.15, -0.1) is 0 Å². The van der Waals surface area contributed by atoms with Crippen molar-refractivity contribution in [2.24, 2.45) is 0 Å². The zero-order valence-electron chi connectivity index (χ0n) is 12.5. The monoisotopic (exact) mass is 362 g/mol. The number of rotatable bonds is 2. The van der Waals surface area contributed by atoms with Gasteiger partial charge in [-0.3, -0.25) is 4.79 Å². The van der Waals surface area contributed by atoms with E-state index in [-0.39, 0.29) is 5.56 Å². The number of aromatic nitrogens is 2. The summed E-state index contributed by atoms with van der Waals surface area (Å²) in [5, 5.41) is 14.1. The molecule has 128 valence electrons. The molecule has 10 heteroatoms. The highest BCUT2D eigenvalue weighted by molar-refractivity contribution is 7.92. The van der Waals surface area contributed by atoms with E-state index >= 15 is 4.39 Å². The number of phenolic OH excluding ortho intramolecular Hbond substituents is 1. The Morgan fingerprint density at radius 1 is 1.20 bits per heavy atom. The summed E-state index contributed by atoms with van der Waals surface area (Å²) >= 11 is 0. The van der Waals surface area contributed by atoms with Crippen molar-refractivity contribution in [3.05, 3.63) is 48.5 Å². The Kier molecular flexibility index (Phi) is 3.19. The average Bonchev–Trinajstić information content (AvgIpc) is 3.08. The molecule has 1 amide bonds. The first-order valence-corrected chi connectivity index (χ1v) is 8.60. The predicted molar refractivity (Wildman–Crippen MR) is 86.7 cm³/mol. The first-order valence-electron chi connectivity index (χ1n) is 7.16. The second-order valence-corrected chi connectivity index (χ2v) is 7.02. The lowest BCUT2D eigenvalue weighted by atomic mass is 10.0. The number of amides is 1. The van der Waals surface area contributed by atoms with E-state index in [1.165, 1.54) is 18.3 Å². The molecule has 0 aliphatic carbocycles. The summed E-state index contributed by atoms with van der Waals surface area (Å²) in [7, 11) is -4.25. The molecule has 0 radical (unpaired) electrons. The van der Waals surface area contributed by atoms with Gasteiger partial charge >= 0.3 is 10.2 Å². The second kappa shape index (κ2) is 5.18. The molecule has 4 rings (SSSR count). The molecule has 25 heavy (non-hydrogen) atoms. The van der Waals surface area contributed by atoms with Crippen molar-refractivity contribution >= 4 is 27.3 Å². The van der Waals surface area contributed by atoms with Crippen LogP contribution >= 0.6 is 0 Å². The van der Waals surface area contributed by atoms with Gasteiger partial charge in [0.2, 0.25) is 0 Å². The molecule has 0 saturated carbocycles.